The first-order valence-corrected chi connectivity index (χ1v) is 6.74. The number of ether oxygens (including phenoxy) is 1. The van der Waals surface area contributed by atoms with E-state index in [0.29, 0.717) is 12.4 Å². The molecule has 0 aliphatic rings. The van der Waals surface area contributed by atoms with Crippen molar-refractivity contribution in [2.45, 2.75) is 6.61 Å². The van der Waals surface area contributed by atoms with E-state index in [0.717, 1.165) is 11.1 Å². The first-order chi connectivity index (χ1) is 10.4. The van der Waals surface area contributed by atoms with Crippen molar-refractivity contribution in [1.29, 1.82) is 0 Å². The van der Waals surface area contributed by atoms with Crippen molar-refractivity contribution in [3.05, 3.63) is 77.9 Å². The first kappa shape index (κ1) is 13.2. The molecule has 0 unspecified atom stereocenters. The normalized spacial score (nSPS) is 11.0. The summed E-state index contributed by atoms with van der Waals surface area (Å²) >= 11 is 0. The molecule has 104 valence electrons. The molecule has 3 aromatic carbocycles. The highest BCUT2D eigenvalue weighted by atomic mass is 16.5. The van der Waals surface area contributed by atoms with Gasteiger partial charge in [-0.1, -0.05) is 59.8 Å². The van der Waals surface area contributed by atoms with Crippen LogP contribution in [0.25, 0.3) is 10.8 Å². The molecular weight excluding hydrogens is 262 g/mol. The molecule has 0 aliphatic heterocycles. The lowest BCUT2D eigenvalue weighted by molar-refractivity contribution is 0.305. The lowest BCUT2D eigenvalue weighted by Crippen LogP contribution is -1.99. The molecule has 0 atom stereocenters. The molecule has 0 saturated heterocycles. The molecule has 0 saturated carbocycles. The predicted octanol–water partition coefficient (Wildman–Crippen LogP) is 4.23. The first-order valence-electron chi connectivity index (χ1n) is 6.74. The van der Waals surface area contributed by atoms with E-state index in [1.807, 2.05) is 42.5 Å². The van der Waals surface area contributed by atoms with E-state index in [4.69, 9.17) is 9.94 Å². The van der Waals surface area contributed by atoms with Gasteiger partial charge in [-0.3, -0.25) is 0 Å². The molecular formula is C18H15NO2. The number of hydrogen-bond donors (Lipinski definition) is 1. The van der Waals surface area contributed by atoms with Crippen LogP contribution in [0.3, 0.4) is 0 Å². The van der Waals surface area contributed by atoms with Gasteiger partial charge >= 0.3 is 0 Å². The van der Waals surface area contributed by atoms with Gasteiger partial charge in [-0.05, 0) is 28.5 Å². The van der Waals surface area contributed by atoms with Crippen LogP contribution >= 0.6 is 0 Å². The molecule has 3 aromatic rings. The Kier molecular flexibility index (Phi) is 3.83. The summed E-state index contributed by atoms with van der Waals surface area (Å²) in [6.07, 6.45) is 1.37. The fourth-order valence-corrected chi connectivity index (χ4v) is 2.35. The van der Waals surface area contributed by atoms with Crippen molar-refractivity contribution >= 4 is 17.0 Å². The summed E-state index contributed by atoms with van der Waals surface area (Å²) in [5.74, 6) is 0.697. The fraction of sp³-hybridized carbons (Fsp3) is 0.0556. The monoisotopic (exact) mass is 277 g/mol. The zero-order valence-electron chi connectivity index (χ0n) is 11.4. The van der Waals surface area contributed by atoms with Gasteiger partial charge in [0.25, 0.3) is 0 Å². The van der Waals surface area contributed by atoms with Crippen molar-refractivity contribution in [2.75, 3.05) is 0 Å². The van der Waals surface area contributed by atoms with Crippen LogP contribution in [-0.4, -0.2) is 11.4 Å². The average molecular weight is 277 g/mol. The molecule has 3 rings (SSSR count). The van der Waals surface area contributed by atoms with E-state index < -0.39 is 0 Å². The van der Waals surface area contributed by atoms with E-state index >= 15 is 0 Å². The second kappa shape index (κ2) is 6.09. The van der Waals surface area contributed by atoms with Gasteiger partial charge in [-0.25, -0.2) is 0 Å². The van der Waals surface area contributed by atoms with Gasteiger partial charge < -0.3 is 9.94 Å². The predicted molar refractivity (Wildman–Crippen MR) is 84.1 cm³/mol. The topological polar surface area (TPSA) is 41.8 Å². The third-order valence-electron chi connectivity index (χ3n) is 3.38. The maximum atomic E-state index is 8.68. The van der Waals surface area contributed by atoms with Crippen molar-refractivity contribution in [3.63, 3.8) is 0 Å². The van der Waals surface area contributed by atoms with E-state index in [1.54, 1.807) is 0 Å². The van der Waals surface area contributed by atoms with Gasteiger partial charge in [0.2, 0.25) is 0 Å². The van der Waals surface area contributed by atoms with Crippen LogP contribution in [0.4, 0.5) is 0 Å². The van der Waals surface area contributed by atoms with Crippen molar-refractivity contribution < 1.29 is 9.94 Å². The standard InChI is InChI=1S/C18H15NO2/c20-19-12-15-7-2-4-11-18(15)21-13-16-9-5-8-14-6-1-3-10-17(14)16/h1-12,20H,13H2/b19-12-. The number of fused-ring (bicyclic) bond motifs is 1. The van der Waals surface area contributed by atoms with E-state index in [1.165, 1.54) is 17.0 Å². The summed E-state index contributed by atoms with van der Waals surface area (Å²) < 4.78 is 5.88. The van der Waals surface area contributed by atoms with Gasteiger partial charge in [-0.2, -0.15) is 0 Å². The Morgan fingerprint density at radius 1 is 0.905 bits per heavy atom. The number of hydrogen-bond acceptors (Lipinski definition) is 3. The summed E-state index contributed by atoms with van der Waals surface area (Å²) in [5.41, 5.74) is 1.88. The van der Waals surface area contributed by atoms with Gasteiger partial charge in [0.05, 0.1) is 6.21 Å². The number of benzene rings is 3. The molecule has 0 amide bonds. The van der Waals surface area contributed by atoms with Crippen LogP contribution < -0.4 is 4.74 Å². The highest BCUT2D eigenvalue weighted by Gasteiger charge is 2.04. The fourth-order valence-electron chi connectivity index (χ4n) is 2.35. The third-order valence-corrected chi connectivity index (χ3v) is 3.38. The number of oxime groups is 1. The van der Waals surface area contributed by atoms with Crippen LogP contribution in [0.15, 0.2) is 71.9 Å². The summed E-state index contributed by atoms with van der Waals surface area (Å²) in [4.78, 5) is 0. The number of rotatable bonds is 4. The molecule has 3 heteroatoms. The van der Waals surface area contributed by atoms with Crippen molar-refractivity contribution in [2.24, 2.45) is 5.16 Å². The third kappa shape index (κ3) is 2.87. The summed E-state index contributed by atoms with van der Waals surface area (Å²) in [6.45, 7) is 0.470. The SMILES string of the molecule is O/N=C\c1ccccc1OCc1cccc2ccccc12. The molecule has 0 radical (unpaired) electrons. The van der Waals surface area contributed by atoms with Crippen molar-refractivity contribution in [3.8, 4) is 5.75 Å². The van der Waals surface area contributed by atoms with E-state index in [9.17, 15) is 0 Å². The van der Waals surface area contributed by atoms with Gasteiger partial charge in [-0.15, -0.1) is 0 Å². The molecule has 0 aliphatic carbocycles. The molecule has 3 nitrogen and oxygen atoms in total. The Bertz CT molecular complexity index is 776. The van der Waals surface area contributed by atoms with E-state index in [2.05, 4.69) is 29.4 Å². The second-order valence-corrected chi connectivity index (χ2v) is 4.71. The second-order valence-electron chi connectivity index (χ2n) is 4.71. The molecule has 0 bridgehead atoms. The smallest absolute Gasteiger partial charge is 0.128 e. The summed E-state index contributed by atoms with van der Waals surface area (Å²) in [5, 5.41) is 14.1. The maximum absolute atomic E-state index is 8.68. The Labute approximate surface area is 123 Å². The quantitative estimate of drug-likeness (QED) is 0.440. The summed E-state index contributed by atoms with van der Waals surface area (Å²) in [6, 6.07) is 21.9. The molecule has 0 fully saturated rings. The number of nitrogens with zero attached hydrogens (tertiary/aromatic N) is 1. The Balaban J connectivity index is 1.87. The molecule has 0 heterocycles. The highest BCUT2D eigenvalue weighted by molar-refractivity contribution is 5.85. The van der Waals surface area contributed by atoms with Crippen LogP contribution in [-0.2, 0) is 6.61 Å². The van der Waals surface area contributed by atoms with Crippen LogP contribution in [0.1, 0.15) is 11.1 Å². The van der Waals surface area contributed by atoms with Gasteiger partial charge in [0.15, 0.2) is 0 Å². The lowest BCUT2D eigenvalue weighted by Gasteiger charge is -2.10. The minimum atomic E-state index is 0.470. The largest absolute Gasteiger partial charge is 0.488 e. The average Bonchev–Trinajstić information content (AvgIpc) is 2.54. The zero-order valence-corrected chi connectivity index (χ0v) is 11.4. The molecule has 0 aromatic heterocycles. The molecule has 0 spiro atoms. The Hall–Kier alpha value is -2.81. The van der Waals surface area contributed by atoms with Gasteiger partial charge in [0.1, 0.15) is 12.4 Å². The molecule has 1 N–H and O–H groups in total. The molecule has 21 heavy (non-hydrogen) atoms. The Morgan fingerprint density at radius 3 is 2.57 bits per heavy atom. The number of para-hydroxylation sites is 1. The van der Waals surface area contributed by atoms with Crippen molar-refractivity contribution in [1.82, 2.24) is 0 Å². The van der Waals surface area contributed by atoms with Crippen LogP contribution in [0.5, 0.6) is 5.75 Å². The maximum Gasteiger partial charge on any atom is 0.128 e. The van der Waals surface area contributed by atoms with E-state index in [-0.39, 0.29) is 0 Å². The minimum absolute atomic E-state index is 0.470. The van der Waals surface area contributed by atoms with Gasteiger partial charge in [0, 0.05) is 5.56 Å². The zero-order chi connectivity index (χ0) is 14.5. The Morgan fingerprint density at radius 2 is 1.67 bits per heavy atom. The lowest BCUT2D eigenvalue weighted by atomic mass is 10.1. The van der Waals surface area contributed by atoms with Crippen LogP contribution in [0.2, 0.25) is 0 Å². The van der Waals surface area contributed by atoms with Crippen LogP contribution in [0, 0.1) is 0 Å². The summed E-state index contributed by atoms with van der Waals surface area (Å²) in [7, 11) is 0. The minimum Gasteiger partial charge on any atom is -0.488 e. The highest BCUT2D eigenvalue weighted by Crippen LogP contribution is 2.22.